The monoisotopic (exact) mass is 242 g/mol. The maximum atomic E-state index is 11.7. The Labute approximate surface area is 102 Å². The second kappa shape index (κ2) is 5.86. The summed E-state index contributed by atoms with van der Waals surface area (Å²) < 4.78 is 0. The minimum Gasteiger partial charge on any atom is -0.393 e. The van der Waals surface area contributed by atoms with Crippen LogP contribution >= 0.6 is 0 Å². The third-order valence-electron chi connectivity index (χ3n) is 3.05. The van der Waals surface area contributed by atoms with E-state index >= 15 is 0 Å². The van der Waals surface area contributed by atoms with Crippen LogP contribution in [-0.4, -0.2) is 59.6 Å². The molecule has 0 aromatic heterocycles. The zero-order valence-electron chi connectivity index (χ0n) is 10.5. The van der Waals surface area contributed by atoms with Gasteiger partial charge in [0.2, 0.25) is 5.91 Å². The molecule has 98 valence electrons. The lowest BCUT2D eigenvalue weighted by Crippen LogP contribution is -2.38. The largest absolute Gasteiger partial charge is 0.393 e. The molecular formula is C11H22N4O2. The molecule has 1 aliphatic heterocycles. The Balaban J connectivity index is 2.37. The summed E-state index contributed by atoms with van der Waals surface area (Å²) in [5, 5.41) is 16.4. The fourth-order valence-electron chi connectivity index (χ4n) is 2.08. The van der Waals surface area contributed by atoms with Crippen LogP contribution in [0.5, 0.6) is 0 Å². The molecule has 1 amide bonds. The fourth-order valence-corrected chi connectivity index (χ4v) is 2.08. The van der Waals surface area contributed by atoms with Gasteiger partial charge in [-0.1, -0.05) is 0 Å². The number of aliphatic hydroxyl groups excluding tert-OH is 1. The highest BCUT2D eigenvalue weighted by atomic mass is 16.3. The molecule has 1 fully saturated rings. The van der Waals surface area contributed by atoms with Gasteiger partial charge in [0.15, 0.2) is 5.96 Å². The van der Waals surface area contributed by atoms with E-state index in [9.17, 15) is 4.79 Å². The second-order valence-corrected chi connectivity index (χ2v) is 4.81. The average molecular weight is 242 g/mol. The molecule has 0 aromatic carbocycles. The summed E-state index contributed by atoms with van der Waals surface area (Å²) in [6, 6.07) is 0. The van der Waals surface area contributed by atoms with Crippen molar-refractivity contribution in [2.45, 2.75) is 25.9 Å². The molecule has 2 unspecified atom stereocenters. The molecule has 1 rings (SSSR count). The van der Waals surface area contributed by atoms with Gasteiger partial charge in [0.1, 0.15) is 0 Å². The number of carbonyl (C=O) groups excluding carboxylic acids is 1. The molecule has 0 radical (unpaired) electrons. The third kappa shape index (κ3) is 4.22. The third-order valence-corrected chi connectivity index (χ3v) is 3.05. The summed E-state index contributed by atoms with van der Waals surface area (Å²) in [5.41, 5.74) is 5.37. The molecule has 0 bridgehead atoms. The molecule has 6 nitrogen and oxygen atoms in total. The average Bonchev–Trinajstić information content (AvgIpc) is 2.65. The molecule has 1 saturated heterocycles. The molecule has 6 heteroatoms. The van der Waals surface area contributed by atoms with E-state index in [1.165, 1.54) is 0 Å². The number of hydrogen-bond acceptors (Lipinski definition) is 3. The first-order valence-corrected chi connectivity index (χ1v) is 5.91. The molecule has 0 aliphatic carbocycles. The first-order chi connectivity index (χ1) is 7.90. The lowest BCUT2D eigenvalue weighted by Gasteiger charge is -2.21. The van der Waals surface area contributed by atoms with Gasteiger partial charge in [-0.25, -0.2) is 0 Å². The van der Waals surface area contributed by atoms with Crippen molar-refractivity contribution in [2.24, 2.45) is 11.7 Å². The number of rotatable bonds is 4. The number of carbonyl (C=O) groups is 1. The van der Waals surface area contributed by atoms with Crippen LogP contribution in [0.15, 0.2) is 0 Å². The summed E-state index contributed by atoms with van der Waals surface area (Å²) in [7, 11) is 1.78. The topological polar surface area (TPSA) is 93.6 Å². The summed E-state index contributed by atoms with van der Waals surface area (Å²) in [6.45, 7) is 3.76. The van der Waals surface area contributed by atoms with Crippen LogP contribution in [-0.2, 0) is 4.79 Å². The Bertz CT molecular complexity index is 293. The predicted octanol–water partition coefficient (Wildman–Crippen LogP) is -0.569. The Morgan fingerprint density at radius 1 is 1.71 bits per heavy atom. The number of guanidine groups is 1. The number of amides is 1. The van der Waals surface area contributed by atoms with Crippen molar-refractivity contribution >= 4 is 11.9 Å². The molecule has 1 heterocycles. The van der Waals surface area contributed by atoms with E-state index in [-0.39, 0.29) is 18.3 Å². The van der Waals surface area contributed by atoms with E-state index in [0.29, 0.717) is 19.0 Å². The number of nitrogens with one attached hydrogen (secondary N) is 1. The van der Waals surface area contributed by atoms with Crippen LogP contribution in [0, 0.1) is 11.3 Å². The number of hydrogen-bond donors (Lipinski definition) is 3. The van der Waals surface area contributed by atoms with Gasteiger partial charge in [-0.15, -0.1) is 0 Å². The normalized spacial score (nSPS) is 21.4. The van der Waals surface area contributed by atoms with Crippen molar-refractivity contribution in [3.8, 4) is 0 Å². The van der Waals surface area contributed by atoms with Crippen molar-refractivity contribution in [1.29, 1.82) is 5.41 Å². The van der Waals surface area contributed by atoms with Crippen molar-refractivity contribution in [2.75, 3.05) is 26.7 Å². The quantitative estimate of drug-likeness (QED) is 0.454. The summed E-state index contributed by atoms with van der Waals surface area (Å²) in [6.07, 6.45) is 0.541. The van der Waals surface area contributed by atoms with Gasteiger partial charge in [0, 0.05) is 26.7 Å². The van der Waals surface area contributed by atoms with Gasteiger partial charge in [-0.05, 0) is 19.3 Å². The minimum atomic E-state index is -0.582. The molecule has 0 saturated carbocycles. The van der Waals surface area contributed by atoms with Crippen molar-refractivity contribution in [3.05, 3.63) is 0 Å². The Hall–Kier alpha value is -1.30. The Morgan fingerprint density at radius 3 is 2.88 bits per heavy atom. The Morgan fingerprint density at radius 2 is 2.35 bits per heavy atom. The molecule has 1 aliphatic rings. The van der Waals surface area contributed by atoms with Gasteiger partial charge in [-0.3, -0.25) is 10.2 Å². The van der Waals surface area contributed by atoms with Crippen molar-refractivity contribution in [1.82, 2.24) is 9.80 Å². The van der Waals surface area contributed by atoms with E-state index in [2.05, 4.69) is 0 Å². The van der Waals surface area contributed by atoms with E-state index in [1.807, 2.05) is 0 Å². The summed E-state index contributed by atoms with van der Waals surface area (Å²) >= 11 is 0. The van der Waals surface area contributed by atoms with Crippen LogP contribution in [0.1, 0.15) is 19.8 Å². The highest BCUT2D eigenvalue weighted by Gasteiger charge is 2.27. The smallest absolute Gasteiger partial charge is 0.225 e. The van der Waals surface area contributed by atoms with E-state index in [1.54, 1.807) is 23.8 Å². The number of nitrogens with two attached hydrogens (primary N) is 1. The second-order valence-electron chi connectivity index (χ2n) is 4.81. The van der Waals surface area contributed by atoms with E-state index in [0.717, 1.165) is 13.0 Å². The molecule has 4 N–H and O–H groups in total. The number of likely N-dealkylation sites (tertiary alicyclic amines) is 1. The Kier molecular flexibility index (Phi) is 4.74. The molecular weight excluding hydrogens is 220 g/mol. The zero-order chi connectivity index (χ0) is 13.0. The maximum absolute atomic E-state index is 11.7. The van der Waals surface area contributed by atoms with Crippen LogP contribution in [0.2, 0.25) is 0 Å². The van der Waals surface area contributed by atoms with Gasteiger partial charge >= 0.3 is 0 Å². The van der Waals surface area contributed by atoms with Crippen LogP contribution in [0.25, 0.3) is 0 Å². The SMILES string of the molecule is CC(O)CC(=O)N1CCC(CN(C)C(=N)N)C1. The van der Waals surface area contributed by atoms with Gasteiger partial charge < -0.3 is 20.6 Å². The molecule has 0 aromatic rings. The van der Waals surface area contributed by atoms with Crippen LogP contribution in [0.4, 0.5) is 0 Å². The zero-order valence-corrected chi connectivity index (χ0v) is 10.5. The highest BCUT2D eigenvalue weighted by Crippen LogP contribution is 2.18. The molecule has 0 spiro atoms. The minimum absolute atomic E-state index is 0.00739. The molecule has 17 heavy (non-hydrogen) atoms. The van der Waals surface area contributed by atoms with Gasteiger partial charge in [0.25, 0.3) is 0 Å². The standard InChI is InChI=1S/C11H22N4O2/c1-8(16)5-10(17)15-4-3-9(7-15)6-14(2)11(12)13/h8-9,16H,3-7H2,1-2H3,(H3,12,13). The summed E-state index contributed by atoms with van der Waals surface area (Å²) in [4.78, 5) is 15.2. The van der Waals surface area contributed by atoms with Crippen molar-refractivity contribution < 1.29 is 9.90 Å². The number of aliphatic hydroxyl groups is 1. The summed E-state index contributed by atoms with van der Waals surface area (Å²) in [5.74, 6) is 0.425. The molecule has 2 atom stereocenters. The van der Waals surface area contributed by atoms with Gasteiger partial charge in [-0.2, -0.15) is 0 Å². The number of nitrogens with zero attached hydrogens (tertiary/aromatic N) is 2. The highest BCUT2D eigenvalue weighted by molar-refractivity contribution is 5.77. The van der Waals surface area contributed by atoms with Crippen LogP contribution < -0.4 is 5.73 Å². The lowest BCUT2D eigenvalue weighted by atomic mass is 10.1. The van der Waals surface area contributed by atoms with E-state index in [4.69, 9.17) is 16.2 Å². The van der Waals surface area contributed by atoms with Gasteiger partial charge in [0.05, 0.1) is 12.5 Å². The van der Waals surface area contributed by atoms with Crippen LogP contribution in [0.3, 0.4) is 0 Å². The predicted molar refractivity (Wildman–Crippen MR) is 65.5 cm³/mol. The van der Waals surface area contributed by atoms with Crippen molar-refractivity contribution in [3.63, 3.8) is 0 Å². The lowest BCUT2D eigenvalue weighted by molar-refractivity contribution is -0.132. The maximum Gasteiger partial charge on any atom is 0.225 e. The van der Waals surface area contributed by atoms with E-state index < -0.39 is 6.10 Å². The first kappa shape index (κ1) is 13.8. The first-order valence-electron chi connectivity index (χ1n) is 5.91. The fraction of sp³-hybridized carbons (Fsp3) is 0.818.